The topological polar surface area (TPSA) is 46.5 Å². The van der Waals surface area contributed by atoms with E-state index in [4.69, 9.17) is 23.2 Å². The molecule has 0 unspecified atom stereocenters. The first kappa shape index (κ1) is 16.4. The van der Waals surface area contributed by atoms with E-state index in [0.717, 1.165) is 7.11 Å². The van der Waals surface area contributed by atoms with E-state index in [1.807, 2.05) is 0 Å². The van der Waals surface area contributed by atoms with Gasteiger partial charge in [0.05, 0.1) is 17.2 Å². The van der Waals surface area contributed by atoms with Crippen LogP contribution in [0.15, 0.2) is 18.2 Å². The Morgan fingerprint density at radius 3 is 2.38 bits per heavy atom. The number of hydrogen-bond donors (Lipinski definition) is 1. The van der Waals surface area contributed by atoms with Crippen LogP contribution in [0.4, 0.5) is 13.2 Å². The molecule has 3 nitrogen and oxygen atoms in total. The second kappa shape index (κ2) is 5.04. The summed E-state index contributed by atoms with van der Waals surface area (Å²) >= 11 is 11.8. The highest BCUT2D eigenvalue weighted by molar-refractivity contribution is 6.42. The molecule has 0 saturated heterocycles. The van der Waals surface area contributed by atoms with Gasteiger partial charge in [0.15, 0.2) is 5.60 Å². The van der Waals surface area contributed by atoms with Crippen LogP contribution in [0.1, 0.15) is 18.4 Å². The molecule has 0 aromatic heterocycles. The summed E-state index contributed by atoms with van der Waals surface area (Å²) in [6.07, 6.45) is -6.54. The van der Waals surface area contributed by atoms with Crippen molar-refractivity contribution in [1.82, 2.24) is 0 Å². The molecule has 21 heavy (non-hydrogen) atoms. The van der Waals surface area contributed by atoms with E-state index < -0.39 is 36.0 Å². The number of esters is 1. The molecule has 0 radical (unpaired) electrons. The summed E-state index contributed by atoms with van der Waals surface area (Å²) < 4.78 is 43.1. The molecule has 2 rings (SSSR count). The molecule has 116 valence electrons. The van der Waals surface area contributed by atoms with Crippen molar-refractivity contribution in [3.63, 3.8) is 0 Å². The minimum Gasteiger partial charge on any atom is -0.468 e. The van der Waals surface area contributed by atoms with Gasteiger partial charge in [-0.1, -0.05) is 35.3 Å². The average Bonchev–Trinajstić information content (AvgIpc) is 2.36. The minimum atomic E-state index is -4.84. The van der Waals surface area contributed by atoms with Gasteiger partial charge in [-0.05, 0) is 11.6 Å². The Bertz CT molecular complexity index is 581. The van der Waals surface area contributed by atoms with E-state index >= 15 is 0 Å². The van der Waals surface area contributed by atoms with Crippen molar-refractivity contribution in [2.75, 3.05) is 7.11 Å². The third-order valence-corrected chi connectivity index (χ3v) is 4.58. The molecule has 1 aliphatic rings. The monoisotopic (exact) mass is 342 g/mol. The summed E-state index contributed by atoms with van der Waals surface area (Å²) in [4.78, 5) is 12.0. The lowest BCUT2D eigenvalue weighted by atomic mass is 9.55. The summed E-state index contributed by atoms with van der Waals surface area (Å²) in [7, 11) is 1.06. The molecule has 1 fully saturated rings. The molecule has 0 amide bonds. The number of aliphatic hydroxyl groups is 1. The first-order chi connectivity index (χ1) is 9.57. The van der Waals surface area contributed by atoms with Crippen molar-refractivity contribution in [3.05, 3.63) is 33.8 Å². The number of carbonyl (C=O) groups is 1. The Morgan fingerprint density at radius 2 is 1.90 bits per heavy atom. The quantitative estimate of drug-likeness (QED) is 0.837. The van der Waals surface area contributed by atoms with Crippen LogP contribution in [-0.4, -0.2) is 30.0 Å². The molecular weight excluding hydrogens is 332 g/mol. The fraction of sp³-hybridized carbons (Fsp3) is 0.462. The van der Waals surface area contributed by atoms with Crippen LogP contribution in [0.25, 0.3) is 0 Å². The average molecular weight is 343 g/mol. The number of ether oxygens (including phenoxy) is 1. The molecule has 1 aromatic carbocycles. The van der Waals surface area contributed by atoms with Crippen LogP contribution in [-0.2, 0) is 14.9 Å². The van der Waals surface area contributed by atoms with Gasteiger partial charge in [-0.15, -0.1) is 0 Å². The zero-order valence-electron chi connectivity index (χ0n) is 10.8. The molecule has 1 saturated carbocycles. The first-order valence-electron chi connectivity index (χ1n) is 5.89. The zero-order valence-corrected chi connectivity index (χ0v) is 12.3. The van der Waals surface area contributed by atoms with Gasteiger partial charge < -0.3 is 9.84 Å². The van der Waals surface area contributed by atoms with Crippen LogP contribution in [0.2, 0.25) is 10.0 Å². The predicted octanol–water partition coefficient (Wildman–Crippen LogP) is 3.49. The van der Waals surface area contributed by atoms with Crippen molar-refractivity contribution < 1.29 is 27.8 Å². The smallest absolute Gasteiger partial charge is 0.417 e. The van der Waals surface area contributed by atoms with Gasteiger partial charge in [0, 0.05) is 12.8 Å². The summed E-state index contributed by atoms with van der Waals surface area (Å²) in [6, 6.07) is 4.33. The normalized spacial score (nSPS) is 28.9. The molecule has 1 aliphatic carbocycles. The van der Waals surface area contributed by atoms with Crippen LogP contribution < -0.4 is 0 Å². The fourth-order valence-electron chi connectivity index (χ4n) is 2.66. The number of rotatable bonds is 2. The number of hydrogen-bond acceptors (Lipinski definition) is 3. The van der Waals surface area contributed by atoms with Gasteiger partial charge in [0.1, 0.15) is 5.41 Å². The Labute approximate surface area is 128 Å². The minimum absolute atomic E-state index is 0.0196. The Hall–Kier alpha value is -0.980. The standard InChI is InChI=1S/C13H11Cl2F3O3/c1-21-10(19)11(5-12(20,6-11)13(16,17)18)7-3-2-4-8(14)9(7)15/h2-4,20H,5-6H2,1H3. The molecular formula is C13H11Cl2F3O3. The van der Waals surface area contributed by atoms with E-state index in [9.17, 15) is 23.1 Å². The molecule has 0 bridgehead atoms. The van der Waals surface area contributed by atoms with Gasteiger partial charge in [-0.25, -0.2) is 0 Å². The van der Waals surface area contributed by atoms with Gasteiger partial charge >= 0.3 is 12.1 Å². The number of halogens is 5. The van der Waals surface area contributed by atoms with Crippen LogP contribution in [0.5, 0.6) is 0 Å². The number of methoxy groups -OCH3 is 1. The number of carbonyl (C=O) groups excluding carboxylic acids is 1. The van der Waals surface area contributed by atoms with Gasteiger partial charge in [0.2, 0.25) is 0 Å². The molecule has 1 N–H and O–H groups in total. The number of benzene rings is 1. The van der Waals surface area contributed by atoms with E-state index in [0.29, 0.717) is 0 Å². The lowest BCUT2D eigenvalue weighted by Crippen LogP contribution is -2.65. The van der Waals surface area contributed by atoms with E-state index in [1.54, 1.807) is 0 Å². The maximum Gasteiger partial charge on any atom is 0.417 e. The zero-order chi connectivity index (χ0) is 16.1. The van der Waals surface area contributed by atoms with Crippen molar-refractivity contribution >= 4 is 29.2 Å². The van der Waals surface area contributed by atoms with Crippen LogP contribution >= 0.6 is 23.2 Å². The summed E-state index contributed by atoms with van der Waals surface area (Å²) in [6.45, 7) is 0. The second-order valence-electron chi connectivity index (χ2n) is 5.06. The van der Waals surface area contributed by atoms with Crippen molar-refractivity contribution in [2.24, 2.45) is 0 Å². The van der Waals surface area contributed by atoms with Gasteiger partial charge in [0.25, 0.3) is 0 Å². The van der Waals surface area contributed by atoms with Gasteiger partial charge in [-0.3, -0.25) is 4.79 Å². The van der Waals surface area contributed by atoms with Crippen molar-refractivity contribution in [3.8, 4) is 0 Å². The Kier molecular flexibility index (Phi) is 3.93. The molecule has 0 aliphatic heterocycles. The first-order valence-corrected chi connectivity index (χ1v) is 6.65. The van der Waals surface area contributed by atoms with Crippen molar-refractivity contribution in [2.45, 2.75) is 30.0 Å². The fourth-order valence-corrected chi connectivity index (χ4v) is 3.14. The lowest BCUT2D eigenvalue weighted by Gasteiger charge is -2.51. The maximum absolute atomic E-state index is 12.8. The highest BCUT2D eigenvalue weighted by Crippen LogP contribution is 2.58. The van der Waals surface area contributed by atoms with E-state index in [2.05, 4.69) is 4.74 Å². The van der Waals surface area contributed by atoms with Crippen LogP contribution in [0, 0.1) is 0 Å². The SMILES string of the molecule is COC(=O)C1(c2cccc(Cl)c2Cl)CC(O)(C(F)(F)F)C1. The molecule has 0 spiro atoms. The third kappa shape index (κ3) is 2.39. The number of alkyl halides is 3. The van der Waals surface area contributed by atoms with Crippen LogP contribution in [0.3, 0.4) is 0 Å². The van der Waals surface area contributed by atoms with E-state index in [1.165, 1.54) is 18.2 Å². The summed E-state index contributed by atoms with van der Waals surface area (Å²) in [5, 5.41) is 9.73. The maximum atomic E-state index is 12.8. The summed E-state index contributed by atoms with van der Waals surface area (Å²) in [5.74, 6) is -0.888. The molecule has 0 atom stereocenters. The largest absolute Gasteiger partial charge is 0.468 e. The van der Waals surface area contributed by atoms with E-state index in [-0.39, 0.29) is 15.6 Å². The van der Waals surface area contributed by atoms with Crippen molar-refractivity contribution in [1.29, 1.82) is 0 Å². The molecule has 8 heteroatoms. The third-order valence-electron chi connectivity index (χ3n) is 3.76. The predicted molar refractivity (Wildman–Crippen MR) is 70.4 cm³/mol. The highest BCUT2D eigenvalue weighted by atomic mass is 35.5. The lowest BCUT2D eigenvalue weighted by molar-refractivity contribution is -0.302. The Balaban J connectivity index is 2.49. The summed E-state index contributed by atoms with van der Waals surface area (Å²) in [5.41, 5.74) is -4.47. The second-order valence-corrected chi connectivity index (χ2v) is 5.84. The van der Waals surface area contributed by atoms with Gasteiger partial charge in [-0.2, -0.15) is 13.2 Å². The Morgan fingerprint density at radius 1 is 1.33 bits per heavy atom. The highest BCUT2D eigenvalue weighted by Gasteiger charge is 2.71. The molecule has 1 aromatic rings. The molecule has 0 heterocycles.